The molecule has 0 spiro atoms. The van der Waals surface area contributed by atoms with Crippen molar-refractivity contribution in [3.05, 3.63) is 35.4 Å². The van der Waals surface area contributed by atoms with Crippen molar-refractivity contribution < 1.29 is 4.79 Å². The number of halogens is 2. The summed E-state index contributed by atoms with van der Waals surface area (Å²) in [6.45, 7) is 4.70. The molecule has 0 unspecified atom stereocenters. The maximum atomic E-state index is 12.4. The van der Waals surface area contributed by atoms with Crippen molar-refractivity contribution in [3.8, 4) is 0 Å². The summed E-state index contributed by atoms with van der Waals surface area (Å²) in [6, 6.07) is 8.62. The van der Waals surface area contributed by atoms with E-state index in [2.05, 4.69) is 34.5 Å². The fourth-order valence-electron chi connectivity index (χ4n) is 4.02. The number of likely N-dealkylation sites (tertiary alicyclic amines) is 1. The Morgan fingerprint density at radius 2 is 1.84 bits per heavy atom. The average Bonchev–Trinajstić information content (AvgIpc) is 3.24. The van der Waals surface area contributed by atoms with Crippen molar-refractivity contribution in [2.24, 2.45) is 17.6 Å². The van der Waals surface area contributed by atoms with Crippen molar-refractivity contribution in [3.63, 3.8) is 0 Å². The molecule has 1 heterocycles. The molecule has 1 aromatic carbocycles. The zero-order chi connectivity index (χ0) is 16.1. The first-order valence-electron chi connectivity index (χ1n) is 9.04. The first kappa shape index (κ1) is 22.2. The molecule has 1 amide bonds. The molecule has 0 bridgehead atoms. The molecular weight excluding hydrogens is 357 g/mol. The Labute approximate surface area is 163 Å². The van der Waals surface area contributed by atoms with Crippen molar-refractivity contribution in [2.45, 2.75) is 45.2 Å². The summed E-state index contributed by atoms with van der Waals surface area (Å²) in [4.78, 5) is 14.9. The molecule has 6 heteroatoms. The second kappa shape index (κ2) is 11.0. The Kier molecular flexibility index (Phi) is 9.80. The molecule has 0 radical (unpaired) electrons. The van der Waals surface area contributed by atoms with Crippen LogP contribution in [0.5, 0.6) is 0 Å². The van der Waals surface area contributed by atoms with Gasteiger partial charge in [-0.1, -0.05) is 30.7 Å². The molecule has 3 rings (SSSR count). The Morgan fingerprint density at radius 1 is 1.12 bits per heavy atom. The van der Waals surface area contributed by atoms with Crippen LogP contribution >= 0.6 is 24.8 Å². The number of carbonyl (C=O) groups is 1. The van der Waals surface area contributed by atoms with Gasteiger partial charge in [0, 0.05) is 19.0 Å². The van der Waals surface area contributed by atoms with Crippen LogP contribution < -0.4 is 11.1 Å². The first-order chi connectivity index (χ1) is 11.3. The van der Waals surface area contributed by atoms with Crippen LogP contribution in [-0.4, -0.2) is 30.4 Å². The smallest absolute Gasteiger partial charge is 0.223 e. The minimum absolute atomic E-state index is 0. The summed E-state index contributed by atoms with van der Waals surface area (Å²) in [5.41, 5.74) is 8.32. The van der Waals surface area contributed by atoms with Crippen molar-refractivity contribution >= 4 is 30.7 Å². The molecule has 1 aliphatic heterocycles. The number of hydrogen-bond acceptors (Lipinski definition) is 3. The highest BCUT2D eigenvalue weighted by molar-refractivity contribution is 5.85. The van der Waals surface area contributed by atoms with Gasteiger partial charge in [0.15, 0.2) is 0 Å². The van der Waals surface area contributed by atoms with Crippen LogP contribution in [0.4, 0.5) is 0 Å². The van der Waals surface area contributed by atoms with E-state index in [0.29, 0.717) is 19.0 Å². The number of rotatable bonds is 6. The number of nitrogens with two attached hydrogens (primary N) is 1. The largest absolute Gasteiger partial charge is 0.352 e. The molecule has 2 atom stereocenters. The number of hydrogen-bond donors (Lipinski definition) is 2. The molecule has 1 aromatic rings. The quantitative estimate of drug-likeness (QED) is 0.787. The second-order valence-electron chi connectivity index (χ2n) is 7.05. The number of carbonyl (C=O) groups excluding carboxylic acids is 1. The van der Waals surface area contributed by atoms with E-state index in [1.165, 1.54) is 37.1 Å². The molecule has 25 heavy (non-hydrogen) atoms. The molecule has 2 fully saturated rings. The van der Waals surface area contributed by atoms with E-state index >= 15 is 0 Å². The summed E-state index contributed by atoms with van der Waals surface area (Å²) in [6.07, 6.45) is 5.85. The maximum Gasteiger partial charge on any atom is 0.223 e. The number of amides is 1. The topological polar surface area (TPSA) is 58.4 Å². The zero-order valence-electron chi connectivity index (χ0n) is 14.8. The highest BCUT2D eigenvalue weighted by atomic mass is 35.5. The third kappa shape index (κ3) is 6.14. The minimum Gasteiger partial charge on any atom is -0.352 e. The maximum absolute atomic E-state index is 12.4. The van der Waals surface area contributed by atoms with E-state index in [-0.39, 0.29) is 36.6 Å². The lowest BCUT2D eigenvalue weighted by Gasteiger charge is -2.18. The van der Waals surface area contributed by atoms with Crippen molar-refractivity contribution in [1.29, 1.82) is 0 Å². The Morgan fingerprint density at radius 3 is 2.56 bits per heavy atom. The van der Waals surface area contributed by atoms with Gasteiger partial charge in [0.05, 0.1) is 0 Å². The van der Waals surface area contributed by atoms with Crippen LogP contribution in [0, 0.1) is 11.8 Å². The van der Waals surface area contributed by atoms with Gasteiger partial charge in [-0.05, 0) is 62.4 Å². The Hall–Kier alpha value is -0.810. The van der Waals surface area contributed by atoms with Crippen LogP contribution in [0.15, 0.2) is 24.3 Å². The standard InChI is InChI=1S/C19H29N3O.2ClH/c20-12-17-7-4-8-18(17)19(23)21-13-15-5-3-6-16(11-15)14-22-9-1-2-10-22;;/h3,5-6,11,17-18H,1-2,4,7-10,12-14,20H2,(H,21,23);2*1H/t17-,18-;;/m1../s1. The van der Waals surface area contributed by atoms with Gasteiger partial charge in [-0.2, -0.15) is 0 Å². The van der Waals surface area contributed by atoms with Crippen LogP contribution in [0.2, 0.25) is 0 Å². The van der Waals surface area contributed by atoms with Gasteiger partial charge in [-0.3, -0.25) is 9.69 Å². The molecule has 2 aliphatic rings. The van der Waals surface area contributed by atoms with Gasteiger partial charge >= 0.3 is 0 Å². The molecule has 3 N–H and O–H groups in total. The highest BCUT2D eigenvalue weighted by Gasteiger charge is 2.31. The molecular formula is C19H31Cl2N3O. The molecule has 1 saturated carbocycles. The molecule has 142 valence electrons. The van der Waals surface area contributed by atoms with Gasteiger partial charge in [0.25, 0.3) is 0 Å². The first-order valence-corrected chi connectivity index (χ1v) is 9.04. The second-order valence-corrected chi connectivity index (χ2v) is 7.05. The van der Waals surface area contributed by atoms with Crippen molar-refractivity contribution in [2.75, 3.05) is 19.6 Å². The van der Waals surface area contributed by atoms with Crippen LogP contribution in [0.1, 0.15) is 43.2 Å². The number of nitrogens with zero attached hydrogens (tertiary/aromatic N) is 1. The lowest BCUT2D eigenvalue weighted by atomic mass is 9.95. The summed E-state index contributed by atoms with van der Waals surface area (Å²) >= 11 is 0. The van der Waals surface area contributed by atoms with Crippen LogP contribution in [0.25, 0.3) is 0 Å². The van der Waals surface area contributed by atoms with Gasteiger partial charge in [-0.15, -0.1) is 24.8 Å². The predicted molar refractivity (Wildman–Crippen MR) is 107 cm³/mol. The van der Waals surface area contributed by atoms with Gasteiger partial charge in [-0.25, -0.2) is 0 Å². The minimum atomic E-state index is 0. The highest BCUT2D eigenvalue weighted by Crippen LogP contribution is 2.31. The number of nitrogens with one attached hydrogen (secondary N) is 1. The fraction of sp³-hybridized carbons (Fsp3) is 0.632. The average molecular weight is 388 g/mol. The lowest BCUT2D eigenvalue weighted by molar-refractivity contribution is -0.126. The molecule has 0 aromatic heterocycles. The summed E-state index contributed by atoms with van der Waals surface area (Å²) in [5, 5.41) is 3.12. The van der Waals surface area contributed by atoms with E-state index < -0.39 is 0 Å². The van der Waals surface area contributed by atoms with Gasteiger partial charge in [0.1, 0.15) is 0 Å². The third-order valence-electron chi connectivity index (χ3n) is 5.36. The van der Waals surface area contributed by atoms with E-state index in [9.17, 15) is 4.79 Å². The van der Waals surface area contributed by atoms with Crippen molar-refractivity contribution in [1.82, 2.24) is 10.2 Å². The van der Waals surface area contributed by atoms with Gasteiger partial charge in [0.2, 0.25) is 5.91 Å². The fourth-order valence-corrected chi connectivity index (χ4v) is 4.02. The van der Waals surface area contributed by atoms with Crippen LogP contribution in [-0.2, 0) is 17.9 Å². The summed E-state index contributed by atoms with van der Waals surface area (Å²) in [7, 11) is 0. The third-order valence-corrected chi connectivity index (χ3v) is 5.36. The van der Waals surface area contributed by atoms with E-state index in [4.69, 9.17) is 5.73 Å². The summed E-state index contributed by atoms with van der Waals surface area (Å²) < 4.78 is 0. The lowest BCUT2D eigenvalue weighted by Crippen LogP contribution is -2.34. The summed E-state index contributed by atoms with van der Waals surface area (Å²) in [5.74, 6) is 0.673. The van der Waals surface area contributed by atoms with E-state index in [1.807, 2.05) is 0 Å². The van der Waals surface area contributed by atoms with Crippen LogP contribution in [0.3, 0.4) is 0 Å². The monoisotopic (exact) mass is 387 g/mol. The predicted octanol–water partition coefficient (Wildman–Crippen LogP) is 3.12. The molecule has 4 nitrogen and oxygen atoms in total. The normalized spacial score (nSPS) is 22.9. The van der Waals surface area contributed by atoms with E-state index in [1.54, 1.807) is 0 Å². The van der Waals surface area contributed by atoms with Gasteiger partial charge < -0.3 is 11.1 Å². The number of benzene rings is 1. The molecule has 1 aliphatic carbocycles. The Bertz CT molecular complexity index is 535. The Balaban J connectivity index is 0.00000156. The molecule has 1 saturated heterocycles. The van der Waals surface area contributed by atoms with E-state index in [0.717, 1.165) is 25.8 Å². The SMILES string of the molecule is Cl.Cl.NC[C@H]1CCC[C@H]1C(=O)NCc1cccc(CN2CCCC2)c1. The zero-order valence-corrected chi connectivity index (χ0v) is 16.4.